The molecule has 0 unspecified atom stereocenters. The number of sulfonamides is 1. The zero-order chi connectivity index (χ0) is 32.4. The van der Waals surface area contributed by atoms with Crippen LogP contribution >= 0.6 is 23.2 Å². The van der Waals surface area contributed by atoms with Gasteiger partial charge in [0.15, 0.2) is 0 Å². The van der Waals surface area contributed by atoms with E-state index in [1.807, 2.05) is 43.3 Å². The second kappa shape index (κ2) is 15.8. The Morgan fingerprint density at radius 3 is 2.09 bits per heavy atom. The summed E-state index contributed by atoms with van der Waals surface area (Å²) in [5, 5.41) is 3.33. The second-order valence-corrected chi connectivity index (χ2v) is 13.1. The van der Waals surface area contributed by atoms with Crippen LogP contribution in [0.2, 0.25) is 10.0 Å². The summed E-state index contributed by atoms with van der Waals surface area (Å²) < 4.78 is 34.5. The summed E-state index contributed by atoms with van der Waals surface area (Å²) in [6, 6.07) is 27.7. The van der Waals surface area contributed by atoms with Gasteiger partial charge in [-0.05, 0) is 60.0 Å². The molecule has 8 nitrogen and oxygen atoms in total. The number of benzene rings is 4. The minimum Gasteiger partial charge on any atom is -0.497 e. The number of rotatable bonds is 14. The van der Waals surface area contributed by atoms with E-state index in [4.69, 9.17) is 27.9 Å². The van der Waals surface area contributed by atoms with Gasteiger partial charge in [0, 0.05) is 29.6 Å². The molecule has 0 aliphatic rings. The van der Waals surface area contributed by atoms with Crippen molar-refractivity contribution in [3.63, 3.8) is 0 Å². The fourth-order valence-corrected chi connectivity index (χ4v) is 6.75. The van der Waals surface area contributed by atoms with E-state index in [9.17, 15) is 18.0 Å². The fourth-order valence-electron chi connectivity index (χ4n) is 4.82. The third-order valence-corrected chi connectivity index (χ3v) is 9.28. The van der Waals surface area contributed by atoms with E-state index in [0.29, 0.717) is 24.3 Å². The molecule has 0 aromatic heterocycles. The van der Waals surface area contributed by atoms with E-state index < -0.39 is 28.5 Å². The standard InChI is InChI=1S/C34H35Cl2N3O5S/c1-3-17-37-34(41)32(19-25-11-6-4-7-12-25)38(23-26-13-10-14-30(18-26)44-2)33(40)24-39(29-21-27(35)20-28(36)22-29)45(42,43)31-15-8-5-9-16-31/h4-16,18,20-22,32H,3,17,19,23-24H2,1-2H3,(H,37,41)/t32-/m1/s1. The average molecular weight is 669 g/mol. The molecule has 4 aromatic carbocycles. The zero-order valence-corrected chi connectivity index (χ0v) is 27.4. The molecule has 0 aliphatic carbocycles. The van der Waals surface area contributed by atoms with E-state index in [0.717, 1.165) is 9.87 Å². The maximum absolute atomic E-state index is 14.5. The van der Waals surface area contributed by atoms with Gasteiger partial charge >= 0.3 is 0 Å². The maximum Gasteiger partial charge on any atom is 0.264 e. The normalized spacial score (nSPS) is 11.8. The smallest absolute Gasteiger partial charge is 0.264 e. The first-order chi connectivity index (χ1) is 21.6. The number of methoxy groups -OCH3 is 1. The molecule has 11 heteroatoms. The molecular weight excluding hydrogens is 633 g/mol. The summed E-state index contributed by atoms with van der Waals surface area (Å²) in [5.74, 6) is -0.363. The second-order valence-electron chi connectivity index (χ2n) is 10.3. The molecule has 0 radical (unpaired) electrons. The highest BCUT2D eigenvalue weighted by molar-refractivity contribution is 7.92. The van der Waals surface area contributed by atoms with Gasteiger partial charge in [0.25, 0.3) is 10.0 Å². The first kappa shape index (κ1) is 33.8. The maximum atomic E-state index is 14.5. The van der Waals surface area contributed by atoms with Crippen molar-refractivity contribution in [1.29, 1.82) is 0 Å². The van der Waals surface area contributed by atoms with Crippen LogP contribution in [0.1, 0.15) is 24.5 Å². The Kier molecular flexibility index (Phi) is 11.9. The number of amides is 2. The molecule has 0 spiro atoms. The lowest BCUT2D eigenvalue weighted by molar-refractivity contribution is -0.140. The van der Waals surface area contributed by atoms with Crippen molar-refractivity contribution in [1.82, 2.24) is 10.2 Å². The van der Waals surface area contributed by atoms with Gasteiger partial charge < -0.3 is 15.0 Å². The van der Waals surface area contributed by atoms with E-state index in [1.54, 1.807) is 43.5 Å². The molecule has 0 saturated carbocycles. The molecule has 2 amide bonds. The largest absolute Gasteiger partial charge is 0.497 e. The summed E-state index contributed by atoms with van der Waals surface area (Å²) >= 11 is 12.6. The van der Waals surface area contributed by atoms with Gasteiger partial charge in [-0.15, -0.1) is 0 Å². The quantitative estimate of drug-likeness (QED) is 0.169. The summed E-state index contributed by atoms with van der Waals surface area (Å²) in [4.78, 5) is 29.6. The number of ether oxygens (including phenoxy) is 1. The first-order valence-electron chi connectivity index (χ1n) is 14.4. The molecule has 0 bridgehead atoms. The van der Waals surface area contributed by atoms with E-state index in [2.05, 4.69) is 5.32 Å². The summed E-state index contributed by atoms with van der Waals surface area (Å²) in [6.07, 6.45) is 0.909. The Balaban J connectivity index is 1.82. The Morgan fingerprint density at radius 1 is 0.844 bits per heavy atom. The molecule has 0 heterocycles. The van der Waals surface area contributed by atoms with Crippen LogP contribution in [0.15, 0.2) is 108 Å². The highest BCUT2D eigenvalue weighted by Crippen LogP contribution is 2.30. The number of anilines is 1. The van der Waals surface area contributed by atoms with Crippen LogP contribution < -0.4 is 14.4 Å². The molecule has 4 rings (SSSR count). The van der Waals surface area contributed by atoms with Crippen LogP contribution in [0.3, 0.4) is 0 Å². The Bertz CT molecular complexity index is 1690. The van der Waals surface area contributed by atoms with E-state index in [1.165, 1.54) is 35.2 Å². The van der Waals surface area contributed by atoms with Gasteiger partial charge in [0.05, 0.1) is 17.7 Å². The highest BCUT2D eigenvalue weighted by atomic mass is 35.5. The molecule has 0 aliphatic heterocycles. The van der Waals surface area contributed by atoms with Gasteiger partial charge in [0.1, 0.15) is 18.3 Å². The van der Waals surface area contributed by atoms with Gasteiger partial charge in [-0.1, -0.05) is 90.8 Å². The molecule has 1 atom stereocenters. The van der Waals surface area contributed by atoms with Crippen molar-refractivity contribution in [3.8, 4) is 5.75 Å². The molecule has 0 fully saturated rings. The Labute approximate surface area is 274 Å². The average Bonchev–Trinajstić information content (AvgIpc) is 3.04. The lowest BCUT2D eigenvalue weighted by atomic mass is 10.0. The molecule has 0 saturated heterocycles. The molecular formula is C34H35Cl2N3O5S. The number of carbonyl (C=O) groups excluding carboxylic acids is 2. The monoisotopic (exact) mass is 667 g/mol. The van der Waals surface area contributed by atoms with Crippen molar-refractivity contribution < 1.29 is 22.7 Å². The van der Waals surface area contributed by atoms with Gasteiger partial charge in [-0.3, -0.25) is 13.9 Å². The van der Waals surface area contributed by atoms with Crippen molar-refractivity contribution in [2.45, 2.75) is 37.2 Å². The molecule has 236 valence electrons. The van der Waals surface area contributed by atoms with E-state index in [-0.39, 0.29) is 39.5 Å². The number of nitrogens with one attached hydrogen (secondary N) is 1. The van der Waals surface area contributed by atoms with Crippen LogP contribution in [-0.4, -0.2) is 51.4 Å². The van der Waals surface area contributed by atoms with Gasteiger partial charge in [-0.2, -0.15) is 0 Å². The van der Waals surface area contributed by atoms with Crippen LogP contribution in [0.25, 0.3) is 0 Å². The van der Waals surface area contributed by atoms with Crippen LogP contribution in [0.4, 0.5) is 5.69 Å². The fraction of sp³-hybridized carbons (Fsp3) is 0.235. The molecule has 1 N–H and O–H groups in total. The Hall–Kier alpha value is -4.05. The predicted octanol–water partition coefficient (Wildman–Crippen LogP) is 6.36. The summed E-state index contributed by atoms with van der Waals surface area (Å²) in [5.41, 5.74) is 1.65. The number of hydrogen-bond acceptors (Lipinski definition) is 5. The summed E-state index contributed by atoms with van der Waals surface area (Å²) in [6.45, 7) is 1.75. The van der Waals surface area contributed by atoms with Crippen molar-refractivity contribution in [3.05, 3.63) is 124 Å². The number of halogens is 2. The minimum atomic E-state index is -4.27. The SMILES string of the molecule is CCCNC(=O)[C@@H](Cc1ccccc1)N(Cc1cccc(OC)c1)C(=O)CN(c1cc(Cl)cc(Cl)c1)S(=O)(=O)c1ccccc1. The van der Waals surface area contributed by atoms with Crippen molar-refractivity contribution >= 4 is 50.7 Å². The molecule has 45 heavy (non-hydrogen) atoms. The van der Waals surface area contributed by atoms with Gasteiger partial charge in [0.2, 0.25) is 11.8 Å². The van der Waals surface area contributed by atoms with Crippen LogP contribution in [0.5, 0.6) is 5.75 Å². The van der Waals surface area contributed by atoms with Crippen molar-refractivity contribution in [2.75, 3.05) is 24.5 Å². The van der Waals surface area contributed by atoms with E-state index >= 15 is 0 Å². The van der Waals surface area contributed by atoms with Crippen LogP contribution in [0, 0.1) is 0 Å². The lowest BCUT2D eigenvalue weighted by Gasteiger charge is -2.34. The predicted molar refractivity (Wildman–Crippen MR) is 178 cm³/mol. The summed E-state index contributed by atoms with van der Waals surface area (Å²) in [7, 11) is -2.73. The Morgan fingerprint density at radius 2 is 1.47 bits per heavy atom. The van der Waals surface area contributed by atoms with Crippen molar-refractivity contribution in [2.24, 2.45) is 0 Å². The molecule has 4 aromatic rings. The topological polar surface area (TPSA) is 96.0 Å². The lowest BCUT2D eigenvalue weighted by Crippen LogP contribution is -2.53. The number of carbonyl (C=O) groups is 2. The third kappa shape index (κ3) is 9.00. The minimum absolute atomic E-state index is 0.0165. The van der Waals surface area contributed by atoms with Gasteiger partial charge in [-0.25, -0.2) is 8.42 Å². The third-order valence-electron chi connectivity index (χ3n) is 7.05. The number of nitrogens with zero attached hydrogens (tertiary/aromatic N) is 2. The zero-order valence-electron chi connectivity index (χ0n) is 25.0. The highest BCUT2D eigenvalue weighted by Gasteiger charge is 2.34. The van der Waals surface area contributed by atoms with Crippen LogP contribution in [-0.2, 0) is 32.6 Å². The number of hydrogen-bond donors (Lipinski definition) is 1. The first-order valence-corrected chi connectivity index (χ1v) is 16.6.